The minimum absolute atomic E-state index is 0.0537. The van der Waals surface area contributed by atoms with Crippen molar-refractivity contribution >= 4 is 37.9 Å². The summed E-state index contributed by atoms with van der Waals surface area (Å²) in [7, 11) is -3.04. The van der Waals surface area contributed by atoms with E-state index in [2.05, 4.69) is 10.3 Å². The lowest BCUT2D eigenvalue weighted by Crippen LogP contribution is -2.43. The van der Waals surface area contributed by atoms with E-state index >= 15 is 0 Å². The number of sulfone groups is 1. The van der Waals surface area contributed by atoms with Crippen LogP contribution in [0.25, 0.3) is 10.4 Å². The Bertz CT molecular complexity index is 1330. The largest absolute Gasteiger partial charge is 0.394 e. The molecule has 11 heteroatoms. The lowest BCUT2D eigenvalue weighted by Gasteiger charge is -2.33. The molecular weight excluding hydrogens is 500 g/mol. The van der Waals surface area contributed by atoms with E-state index in [1.165, 1.54) is 11.3 Å². The molecule has 36 heavy (non-hydrogen) atoms. The van der Waals surface area contributed by atoms with Crippen molar-refractivity contribution in [3.63, 3.8) is 0 Å². The molecule has 2 aromatic heterocycles. The average Bonchev–Trinajstić information content (AvgIpc) is 3.24. The lowest BCUT2D eigenvalue weighted by atomic mass is 9.97. The minimum atomic E-state index is -3.04. The van der Waals surface area contributed by atoms with Gasteiger partial charge in [-0.2, -0.15) is 0 Å². The van der Waals surface area contributed by atoms with E-state index in [1.807, 2.05) is 29.2 Å². The highest BCUT2D eigenvalue weighted by molar-refractivity contribution is 7.91. The zero-order chi connectivity index (χ0) is 26.1. The molecule has 1 saturated heterocycles. The van der Waals surface area contributed by atoms with Gasteiger partial charge in [0.25, 0.3) is 5.91 Å². The van der Waals surface area contributed by atoms with Crippen molar-refractivity contribution in [3.05, 3.63) is 65.4 Å². The van der Waals surface area contributed by atoms with Gasteiger partial charge in [-0.3, -0.25) is 9.69 Å². The van der Waals surface area contributed by atoms with E-state index in [1.54, 1.807) is 38.1 Å². The first kappa shape index (κ1) is 26.2. The van der Waals surface area contributed by atoms with Crippen LogP contribution in [-0.2, 0) is 15.4 Å². The smallest absolute Gasteiger partial charge is 0.251 e. The van der Waals surface area contributed by atoms with Gasteiger partial charge < -0.3 is 21.3 Å². The number of aromatic nitrogens is 1. The number of amides is 1. The Morgan fingerprint density at radius 2 is 1.86 bits per heavy atom. The second-order valence-electron chi connectivity index (χ2n) is 9.31. The third-order valence-electron chi connectivity index (χ3n) is 6.22. The number of rotatable bonds is 8. The highest BCUT2D eigenvalue weighted by Gasteiger charge is 2.28. The monoisotopic (exact) mass is 530 g/mol. The first-order chi connectivity index (χ1) is 17.0. The second kappa shape index (κ2) is 10.3. The Kier molecular flexibility index (Phi) is 7.48. The second-order valence-corrected chi connectivity index (χ2v) is 12.7. The van der Waals surface area contributed by atoms with Gasteiger partial charge in [0.1, 0.15) is 10.8 Å². The van der Waals surface area contributed by atoms with E-state index in [9.17, 15) is 23.4 Å². The number of hydrogen-bond acceptors (Lipinski definition) is 9. The van der Waals surface area contributed by atoms with Crippen molar-refractivity contribution in [1.82, 2.24) is 9.88 Å². The third-order valence-corrected chi connectivity index (χ3v) is 8.93. The summed E-state index contributed by atoms with van der Waals surface area (Å²) in [4.78, 5) is 19.6. The van der Waals surface area contributed by atoms with Crippen molar-refractivity contribution in [3.8, 4) is 10.4 Å². The number of thiophene rings is 1. The molecule has 1 amide bonds. The summed E-state index contributed by atoms with van der Waals surface area (Å²) in [6.07, 6.45) is 0. The van der Waals surface area contributed by atoms with E-state index in [0.717, 1.165) is 16.0 Å². The van der Waals surface area contributed by atoms with Crippen LogP contribution in [0.15, 0.2) is 48.5 Å². The first-order valence-corrected chi connectivity index (χ1v) is 14.2. The fourth-order valence-corrected chi connectivity index (χ4v) is 6.41. The number of carbonyl (C=O) groups excluding carboxylic acids is 1. The normalized spacial score (nSPS) is 17.0. The van der Waals surface area contributed by atoms with Crippen molar-refractivity contribution in [2.45, 2.75) is 25.5 Å². The molecule has 0 saturated carbocycles. The number of aliphatic hydroxyl groups excluding tert-OH is 1. The molecule has 1 aromatic carbocycles. The number of hydrogen-bond donors (Lipinski definition) is 4. The number of anilines is 2. The van der Waals surface area contributed by atoms with Crippen LogP contribution in [0.4, 0.5) is 10.8 Å². The SMILES string of the molecule is CC(C)(O)c1ccc(-c2cc(C(N)=O)c(Nc3cccc(C(CO)N4CCS(=O)(=O)CC4)n3)s2)cc1. The highest BCUT2D eigenvalue weighted by Crippen LogP contribution is 2.37. The molecule has 0 aliphatic carbocycles. The number of nitrogens with two attached hydrogens (primary N) is 1. The minimum Gasteiger partial charge on any atom is -0.394 e. The molecule has 1 atom stereocenters. The molecule has 1 fully saturated rings. The molecule has 4 rings (SSSR count). The van der Waals surface area contributed by atoms with Crippen LogP contribution in [-0.4, -0.2) is 65.6 Å². The predicted octanol–water partition coefficient (Wildman–Crippen LogP) is 2.64. The number of pyridine rings is 1. The molecule has 3 aromatic rings. The van der Waals surface area contributed by atoms with Crippen molar-refractivity contribution < 1.29 is 23.4 Å². The van der Waals surface area contributed by atoms with Crippen LogP contribution in [0.2, 0.25) is 0 Å². The zero-order valence-corrected chi connectivity index (χ0v) is 21.8. The number of benzene rings is 1. The average molecular weight is 531 g/mol. The van der Waals surface area contributed by atoms with Crippen LogP contribution in [0.1, 0.15) is 41.5 Å². The summed E-state index contributed by atoms with van der Waals surface area (Å²) in [5.74, 6) is 0.00644. The van der Waals surface area contributed by atoms with Gasteiger partial charge in [-0.1, -0.05) is 30.3 Å². The summed E-state index contributed by atoms with van der Waals surface area (Å²) in [5.41, 5.74) is 7.28. The predicted molar refractivity (Wildman–Crippen MR) is 141 cm³/mol. The summed E-state index contributed by atoms with van der Waals surface area (Å²) in [6.45, 7) is 3.90. The molecule has 0 radical (unpaired) electrons. The van der Waals surface area contributed by atoms with Gasteiger partial charge in [0, 0.05) is 18.0 Å². The molecule has 3 heterocycles. The van der Waals surface area contributed by atoms with Gasteiger partial charge in [0.2, 0.25) is 0 Å². The summed E-state index contributed by atoms with van der Waals surface area (Å²) in [6, 6.07) is 14.1. The van der Waals surface area contributed by atoms with Crippen LogP contribution < -0.4 is 11.1 Å². The van der Waals surface area contributed by atoms with Gasteiger partial charge in [-0.25, -0.2) is 13.4 Å². The van der Waals surface area contributed by atoms with Crippen molar-refractivity contribution in [2.75, 3.05) is 36.5 Å². The van der Waals surface area contributed by atoms with E-state index in [-0.39, 0.29) is 18.1 Å². The van der Waals surface area contributed by atoms with Crippen LogP contribution in [0, 0.1) is 0 Å². The summed E-state index contributed by atoms with van der Waals surface area (Å²) >= 11 is 1.36. The standard InChI is InChI=1S/C25H30N4O5S2/c1-25(2,32)17-8-6-16(7-9-17)21-14-18(23(26)31)24(35-21)28-22-5-3-4-19(27-22)20(15-30)29-10-12-36(33,34)13-11-29/h3-9,14,20,30,32H,10-13,15H2,1-2H3,(H2,26,31)(H,27,28). The molecule has 1 unspecified atom stereocenters. The van der Waals surface area contributed by atoms with Crippen LogP contribution in [0.3, 0.4) is 0 Å². The van der Waals surface area contributed by atoms with Gasteiger partial charge in [0.05, 0.1) is 41.0 Å². The number of nitrogens with one attached hydrogen (secondary N) is 1. The van der Waals surface area contributed by atoms with Crippen LogP contribution in [0.5, 0.6) is 0 Å². The Hall–Kier alpha value is -2.83. The maximum absolute atomic E-state index is 12.2. The highest BCUT2D eigenvalue weighted by atomic mass is 32.2. The number of carbonyl (C=O) groups is 1. The maximum Gasteiger partial charge on any atom is 0.251 e. The zero-order valence-electron chi connectivity index (χ0n) is 20.1. The Balaban J connectivity index is 1.58. The lowest BCUT2D eigenvalue weighted by molar-refractivity contribution is 0.0786. The van der Waals surface area contributed by atoms with Gasteiger partial charge in [0.15, 0.2) is 9.84 Å². The molecule has 5 N–H and O–H groups in total. The summed E-state index contributed by atoms with van der Waals surface area (Å²) in [5, 5.41) is 24.0. The van der Waals surface area contributed by atoms with Gasteiger partial charge >= 0.3 is 0 Å². The maximum atomic E-state index is 12.2. The Labute approximate surface area is 214 Å². The molecular formula is C25H30N4O5S2. The molecule has 0 bridgehead atoms. The van der Waals surface area contributed by atoms with E-state index in [0.29, 0.717) is 35.2 Å². The fraction of sp³-hybridized carbons (Fsp3) is 0.360. The molecule has 0 spiro atoms. The molecule has 192 valence electrons. The number of primary amides is 1. The van der Waals surface area contributed by atoms with E-state index < -0.39 is 27.4 Å². The van der Waals surface area contributed by atoms with Gasteiger partial charge in [-0.15, -0.1) is 11.3 Å². The third kappa shape index (κ3) is 5.93. The van der Waals surface area contributed by atoms with Crippen molar-refractivity contribution in [2.24, 2.45) is 5.73 Å². The molecule has 9 nitrogen and oxygen atoms in total. The van der Waals surface area contributed by atoms with Crippen LogP contribution >= 0.6 is 11.3 Å². The Morgan fingerprint density at radius 3 is 2.44 bits per heavy atom. The molecule has 1 aliphatic heterocycles. The van der Waals surface area contributed by atoms with Gasteiger partial charge in [-0.05, 0) is 43.2 Å². The number of nitrogens with zero attached hydrogens (tertiary/aromatic N) is 2. The fourth-order valence-electron chi connectivity index (χ4n) is 4.11. The first-order valence-electron chi connectivity index (χ1n) is 11.5. The number of aliphatic hydroxyl groups is 2. The quantitative estimate of drug-likeness (QED) is 0.348. The van der Waals surface area contributed by atoms with E-state index in [4.69, 9.17) is 5.73 Å². The Morgan fingerprint density at radius 1 is 1.19 bits per heavy atom. The topological polar surface area (TPSA) is 146 Å². The summed E-state index contributed by atoms with van der Waals surface area (Å²) < 4.78 is 23.6. The molecule has 1 aliphatic rings. The van der Waals surface area contributed by atoms with Crippen molar-refractivity contribution in [1.29, 1.82) is 0 Å².